The van der Waals surface area contributed by atoms with Gasteiger partial charge in [0, 0.05) is 6.08 Å². The van der Waals surface area contributed by atoms with Gasteiger partial charge < -0.3 is 23.7 Å². The zero-order valence-corrected chi connectivity index (χ0v) is 16.1. The smallest absolute Gasteiger partial charge is 0.490 e. The largest absolute Gasteiger partial charge is 0.573 e. The van der Waals surface area contributed by atoms with E-state index < -0.39 is 36.3 Å². The van der Waals surface area contributed by atoms with Crippen LogP contribution < -0.4 is 18.9 Å². The van der Waals surface area contributed by atoms with Crippen molar-refractivity contribution in [2.75, 3.05) is 13.2 Å². The lowest BCUT2D eigenvalue weighted by Crippen LogP contribution is -2.30. The Balaban J connectivity index is 1.93. The van der Waals surface area contributed by atoms with Crippen LogP contribution in [-0.2, 0) is 9.53 Å². The maximum absolute atomic E-state index is 12.2. The normalized spacial score (nSPS) is 11.6. The molecule has 0 amide bonds. The van der Waals surface area contributed by atoms with Crippen molar-refractivity contribution in [3.8, 4) is 23.0 Å². The number of carbonyl (C=O) groups excluding carboxylic acids is 1. The highest BCUT2D eigenvalue weighted by Gasteiger charge is 2.31. The second kappa shape index (κ2) is 10.6. The van der Waals surface area contributed by atoms with Crippen LogP contribution in [-0.4, -0.2) is 38.0 Å². The summed E-state index contributed by atoms with van der Waals surface area (Å²) in [5.41, 5.74) is 0. The molecule has 0 aliphatic rings. The Bertz CT molecular complexity index is 814. The van der Waals surface area contributed by atoms with Gasteiger partial charge in [0.05, 0.1) is 0 Å². The van der Waals surface area contributed by atoms with Gasteiger partial charge in [0.2, 0.25) is 0 Å². The molecule has 0 fully saturated rings. The topological polar surface area (TPSA) is 63.2 Å². The minimum Gasteiger partial charge on any atom is -0.490 e. The first-order chi connectivity index (χ1) is 14.9. The van der Waals surface area contributed by atoms with Gasteiger partial charge in [0.1, 0.15) is 36.2 Å². The molecular formula is C20H16F6O6. The molecule has 0 heterocycles. The van der Waals surface area contributed by atoms with Gasteiger partial charge in [-0.2, -0.15) is 0 Å². The molecule has 32 heavy (non-hydrogen) atoms. The Hall–Kier alpha value is -3.57. The van der Waals surface area contributed by atoms with Crippen molar-refractivity contribution in [2.45, 2.75) is 18.8 Å². The lowest BCUT2D eigenvalue weighted by Gasteiger charge is -2.19. The van der Waals surface area contributed by atoms with E-state index in [1.165, 1.54) is 24.3 Å². The van der Waals surface area contributed by atoms with Crippen LogP contribution in [0.5, 0.6) is 23.0 Å². The lowest BCUT2D eigenvalue weighted by molar-refractivity contribution is -0.275. The lowest BCUT2D eigenvalue weighted by atomic mass is 10.3. The number of hydrogen-bond donors (Lipinski definition) is 0. The summed E-state index contributed by atoms with van der Waals surface area (Å²) in [6.45, 7) is 2.78. The van der Waals surface area contributed by atoms with Crippen LogP contribution in [0.1, 0.15) is 0 Å². The van der Waals surface area contributed by atoms with Crippen molar-refractivity contribution in [2.24, 2.45) is 0 Å². The number of benzene rings is 2. The Morgan fingerprint density at radius 2 is 1.09 bits per heavy atom. The van der Waals surface area contributed by atoms with Crippen molar-refractivity contribution in [3.05, 3.63) is 61.2 Å². The summed E-state index contributed by atoms with van der Waals surface area (Å²) >= 11 is 0. The Labute approximate surface area is 177 Å². The van der Waals surface area contributed by atoms with Gasteiger partial charge in [-0.05, 0) is 48.5 Å². The molecule has 0 atom stereocenters. The summed E-state index contributed by atoms with van der Waals surface area (Å²) in [5.74, 6) is -1.35. The quantitative estimate of drug-likeness (QED) is 0.278. The maximum Gasteiger partial charge on any atom is 0.573 e. The molecule has 174 valence electrons. The number of rotatable bonds is 10. The van der Waals surface area contributed by atoms with Crippen LogP contribution in [0.15, 0.2) is 61.2 Å². The molecule has 0 aliphatic carbocycles. The number of esters is 1. The first-order valence-electron chi connectivity index (χ1n) is 8.74. The van der Waals surface area contributed by atoms with Gasteiger partial charge in [-0.25, -0.2) is 4.79 Å². The second-order valence-corrected chi connectivity index (χ2v) is 5.92. The molecule has 0 N–H and O–H groups in total. The van der Waals surface area contributed by atoms with Crippen molar-refractivity contribution < 1.29 is 54.8 Å². The van der Waals surface area contributed by atoms with E-state index in [4.69, 9.17) is 14.2 Å². The molecule has 0 aliphatic heterocycles. The van der Waals surface area contributed by atoms with E-state index >= 15 is 0 Å². The number of ether oxygens (including phenoxy) is 5. The summed E-state index contributed by atoms with van der Waals surface area (Å²) in [6, 6.07) is 9.01. The number of alkyl halides is 6. The fourth-order valence-corrected chi connectivity index (χ4v) is 2.18. The third-order valence-electron chi connectivity index (χ3n) is 3.44. The van der Waals surface area contributed by atoms with E-state index in [0.29, 0.717) is 0 Å². The molecule has 0 saturated heterocycles. The minimum atomic E-state index is -4.83. The first-order valence-corrected chi connectivity index (χ1v) is 8.74. The minimum absolute atomic E-state index is 0.160. The average molecular weight is 466 g/mol. The Morgan fingerprint density at radius 3 is 1.41 bits per heavy atom. The molecular weight excluding hydrogens is 450 g/mol. The zero-order valence-electron chi connectivity index (χ0n) is 16.1. The van der Waals surface area contributed by atoms with E-state index in [-0.39, 0.29) is 24.7 Å². The van der Waals surface area contributed by atoms with Gasteiger partial charge in [-0.1, -0.05) is 6.58 Å². The summed E-state index contributed by atoms with van der Waals surface area (Å²) in [6.07, 6.45) is -9.74. The molecule has 0 radical (unpaired) electrons. The molecule has 2 rings (SSSR count). The SMILES string of the molecule is C=CC(=O)OC(COc1ccc(OC(F)(F)F)cc1)COc1ccc(OC(F)(F)F)cc1. The monoisotopic (exact) mass is 466 g/mol. The van der Waals surface area contributed by atoms with Crippen molar-refractivity contribution in [1.82, 2.24) is 0 Å². The van der Waals surface area contributed by atoms with E-state index in [2.05, 4.69) is 16.1 Å². The maximum atomic E-state index is 12.2. The van der Waals surface area contributed by atoms with Crippen LogP contribution in [0.4, 0.5) is 26.3 Å². The van der Waals surface area contributed by atoms with E-state index in [9.17, 15) is 31.1 Å². The molecule has 0 bridgehead atoms. The fraction of sp³-hybridized carbons (Fsp3) is 0.250. The number of hydrogen-bond acceptors (Lipinski definition) is 6. The predicted molar refractivity (Wildman–Crippen MR) is 97.3 cm³/mol. The van der Waals surface area contributed by atoms with Gasteiger partial charge >= 0.3 is 18.7 Å². The molecule has 2 aromatic carbocycles. The van der Waals surface area contributed by atoms with E-state index in [0.717, 1.165) is 30.3 Å². The Morgan fingerprint density at radius 1 is 0.750 bits per heavy atom. The predicted octanol–water partition coefficient (Wildman–Crippen LogP) is 5.04. The Kier molecular flexibility index (Phi) is 8.21. The summed E-state index contributed by atoms with van der Waals surface area (Å²) in [7, 11) is 0. The molecule has 0 saturated carbocycles. The molecule has 0 spiro atoms. The molecule has 6 nitrogen and oxygen atoms in total. The van der Waals surface area contributed by atoms with Crippen LogP contribution in [0, 0.1) is 0 Å². The zero-order chi connectivity index (χ0) is 23.8. The van der Waals surface area contributed by atoms with Crippen LogP contribution in [0.2, 0.25) is 0 Å². The van der Waals surface area contributed by atoms with Crippen LogP contribution >= 0.6 is 0 Å². The summed E-state index contributed by atoms with van der Waals surface area (Å²) < 4.78 is 96.5. The van der Waals surface area contributed by atoms with Gasteiger partial charge in [0.15, 0.2) is 6.10 Å². The average Bonchev–Trinajstić information content (AvgIpc) is 2.69. The highest BCUT2D eigenvalue weighted by atomic mass is 19.4. The molecule has 2 aromatic rings. The highest BCUT2D eigenvalue weighted by Crippen LogP contribution is 2.26. The molecule has 0 aromatic heterocycles. The van der Waals surface area contributed by atoms with Gasteiger partial charge in [0.25, 0.3) is 0 Å². The molecule has 12 heteroatoms. The number of halogens is 6. The summed E-state index contributed by atoms with van der Waals surface area (Å²) in [5, 5.41) is 0. The van der Waals surface area contributed by atoms with Gasteiger partial charge in [-0.15, -0.1) is 26.3 Å². The standard InChI is InChI=1S/C20H16F6O6/c1-2-18(27)30-17(11-28-13-3-7-15(8-4-13)31-19(21,22)23)12-29-14-5-9-16(10-6-14)32-20(24,25)26/h2-10,17H,1,11-12H2. The van der Waals surface area contributed by atoms with Gasteiger partial charge in [-0.3, -0.25) is 0 Å². The second-order valence-electron chi connectivity index (χ2n) is 5.92. The summed E-state index contributed by atoms with van der Waals surface area (Å²) in [4.78, 5) is 11.5. The van der Waals surface area contributed by atoms with Crippen molar-refractivity contribution in [1.29, 1.82) is 0 Å². The third-order valence-corrected chi connectivity index (χ3v) is 3.44. The van der Waals surface area contributed by atoms with E-state index in [1.54, 1.807) is 0 Å². The molecule has 0 unspecified atom stereocenters. The van der Waals surface area contributed by atoms with Crippen molar-refractivity contribution in [3.63, 3.8) is 0 Å². The third kappa shape index (κ3) is 9.49. The van der Waals surface area contributed by atoms with Crippen LogP contribution in [0.3, 0.4) is 0 Å². The van der Waals surface area contributed by atoms with Crippen molar-refractivity contribution >= 4 is 5.97 Å². The first kappa shape index (κ1) is 24.7. The van der Waals surface area contributed by atoms with E-state index in [1.807, 2.05) is 0 Å². The fourth-order valence-electron chi connectivity index (χ4n) is 2.18. The number of carbonyl (C=O) groups is 1. The van der Waals surface area contributed by atoms with Crippen LogP contribution in [0.25, 0.3) is 0 Å². The highest BCUT2D eigenvalue weighted by molar-refractivity contribution is 5.81.